The van der Waals surface area contributed by atoms with E-state index in [9.17, 15) is 9.59 Å². The van der Waals surface area contributed by atoms with Crippen molar-refractivity contribution in [3.05, 3.63) is 46.6 Å². The van der Waals surface area contributed by atoms with Crippen LogP contribution in [0.25, 0.3) is 0 Å². The quantitative estimate of drug-likeness (QED) is 0.826. The molecule has 28 heavy (non-hydrogen) atoms. The number of hydrogen-bond acceptors (Lipinski definition) is 5. The molecule has 0 aliphatic carbocycles. The van der Waals surface area contributed by atoms with Gasteiger partial charge in [0.1, 0.15) is 6.04 Å². The molecular weight excluding hydrogens is 380 g/mol. The van der Waals surface area contributed by atoms with Crippen LogP contribution < -0.4 is 5.32 Å². The van der Waals surface area contributed by atoms with Crippen molar-refractivity contribution in [1.82, 2.24) is 20.4 Å². The van der Waals surface area contributed by atoms with Crippen molar-refractivity contribution >= 4 is 23.4 Å². The van der Waals surface area contributed by atoms with Crippen LogP contribution in [0.4, 0.5) is 0 Å². The van der Waals surface area contributed by atoms with Crippen LogP contribution in [-0.4, -0.2) is 46.0 Å². The topological polar surface area (TPSA) is 88.3 Å². The number of hydrogen-bond donors (Lipinski definition) is 1. The predicted octanol–water partition coefficient (Wildman–Crippen LogP) is 3.19. The average Bonchev–Trinajstić information content (AvgIpc) is 3.12. The van der Waals surface area contributed by atoms with Crippen molar-refractivity contribution < 1.29 is 14.1 Å². The minimum atomic E-state index is -0.605. The second-order valence-electron chi connectivity index (χ2n) is 7.51. The summed E-state index contributed by atoms with van der Waals surface area (Å²) in [6.07, 6.45) is 1.75. The van der Waals surface area contributed by atoms with Crippen LogP contribution in [0.15, 0.2) is 28.8 Å². The van der Waals surface area contributed by atoms with E-state index in [4.69, 9.17) is 16.1 Å². The fourth-order valence-electron chi connectivity index (χ4n) is 3.39. The maximum atomic E-state index is 13.2. The van der Waals surface area contributed by atoms with Crippen LogP contribution in [0.1, 0.15) is 54.7 Å². The van der Waals surface area contributed by atoms with Crippen LogP contribution in [0, 0.1) is 12.8 Å². The number of likely N-dealkylation sites (tertiary alicyclic amines) is 1. The van der Waals surface area contributed by atoms with Crippen LogP contribution >= 0.6 is 11.6 Å². The molecule has 2 aromatic rings. The Bertz CT molecular complexity index is 834. The number of halogens is 1. The molecule has 0 bridgehead atoms. The van der Waals surface area contributed by atoms with E-state index in [-0.39, 0.29) is 23.7 Å². The van der Waals surface area contributed by atoms with E-state index in [0.29, 0.717) is 35.4 Å². The number of benzene rings is 1. The van der Waals surface area contributed by atoms with Gasteiger partial charge in [-0.3, -0.25) is 9.59 Å². The molecule has 2 atom stereocenters. The Hall–Kier alpha value is -2.41. The molecule has 1 aromatic heterocycles. The second-order valence-corrected chi connectivity index (χ2v) is 7.94. The lowest BCUT2D eigenvalue weighted by Gasteiger charge is -2.35. The lowest BCUT2D eigenvalue weighted by Crippen LogP contribution is -2.53. The number of carbonyl (C=O) groups is 2. The van der Waals surface area contributed by atoms with Gasteiger partial charge in [0.25, 0.3) is 5.91 Å². The summed E-state index contributed by atoms with van der Waals surface area (Å²) >= 11 is 5.88. The third-order valence-electron chi connectivity index (χ3n) is 4.95. The Morgan fingerprint density at radius 3 is 2.61 bits per heavy atom. The van der Waals surface area contributed by atoms with E-state index in [1.807, 2.05) is 13.8 Å². The van der Waals surface area contributed by atoms with Gasteiger partial charge < -0.3 is 14.7 Å². The zero-order chi connectivity index (χ0) is 20.3. The maximum absolute atomic E-state index is 13.2. The zero-order valence-corrected chi connectivity index (χ0v) is 17.1. The summed E-state index contributed by atoms with van der Waals surface area (Å²) in [6.45, 7) is 6.80. The van der Waals surface area contributed by atoms with Crippen molar-refractivity contribution in [2.45, 2.75) is 45.6 Å². The molecule has 8 heteroatoms. The molecule has 0 saturated carbocycles. The Kier molecular flexibility index (Phi) is 6.34. The molecule has 0 unspecified atom stereocenters. The second kappa shape index (κ2) is 8.73. The summed E-state index contributed by atoms with van der Waals surface area (Å²) < 4.78 is 5.29. The molecule has 7 nitrogen and oxygen atoms in total. The highest BCUT2D eigenvalue weighted by Gasteiger charge is 2.33. The van der Waals surface area contributed by atoms with E-state index < -0.39 is 6.04 Å². The number of nitrogens with one attached hydrogen (secondary N) is 1. The van der Waals surface area contributed by atoms with Gasteiger partial charge in [-0.05, 0) is 49.9 Å². The van der Waals surface area contributed by atoms with Gasteiger partial charge in [-0.25, -0.2) is 0 Å². The molecule has 0 spiro atoms. The molecule has 2 heterocycles. The molecule has 1 aliphatic heterocycles. The standard InChI is InChI=1S/C20H25ClN4O3/c1-12(2)17(23-18(26)14-6-8-16(21)9-7-14)20(27)25-10-4-5-15(11-25)19-22-13(3)24-28-19/h6-9,12,15,17H,4-5,10-11H2,1-3H3,(H,23,26)/t15-,17+/m1/s1. The van der Waals surface area contributed by atoms with Gasteiger partial charge in [0, 0.05) is 23.7 Å². The molecule has 1 aliphatic rings. The summed E-state index contributed by atoms with van der Waals surface area (Å²) in [7, 11) is 0. The van der Waals surface area contributed by atoms with Crippen molar-refractivity contribution in [3.63, 3.8) is 0 Å². The van der Waals surface area contributed by atoms with E-state index in [1.165, 1.54) is 0 Å². The van der Waals surface area contributed by atoms with Gasteiger partial charge in [-0.1, -0.05) is 30.6 Å². The van der Waals surface area contributed by atoms with E-state index >= 15 is 0 Å². The zero-order valence-electron chi connectivity index (χ0n) is 16.3. The number of amides is 2. The van der Waals surface area contributed by atoms with Gasteiger partial charge in [0.05, 0.1) is 5.92 Å². The summed E-state index contributed by atoms with van der Waals surface area (Å²) in [5, 5.41) is 7.29. The van der Waals surface area contributed by atoms with Gasteiger partial charge >= 0.3 is 0 Å². The van der Waals surface area contributed by atoms with Crippen molar-refractivity contribution in [1.29, 1.82) is 0 Å². The number of rotatable bonds is 5. The SMILES string of the molecule is Cc1noc([C@@H]2CCCN(C(=O)[C@@H](NC(=O)c3ccc(Cl)cc3)C(C)C)C2)n1. The average molecular weight is 405 g/mol. The molecule has 1 fully saturated rings. The first-order valence-corrected chi connectivity index (χ1v) is 9.88. The van der Waals surface area contributed by atoms with Crippen LogP contribution in [0.2, 0.25) is 5.02 Å². The normalized spacial score (nSPS) is 18.2. The fourth-order valence-corrected chi connectivity index (χ4v) is 3.52. The van der Waals surface area contributed by atoms with Gasteiger partial charge in [0.2, 0.25) is 11.8 Å². The van der Waals surface area contributed by atoms with Crippen molar-refractivity contribution in [2.24, 2.45) is 5.92 Å². The lowest BCUT2D eigenvalue weighted by atomic mass is 9.95. The smallest absolute Gasteiger partial charge is 0.251 e. The maximum Gasteiger partial charge on any atom is 0.251 e. The molecule has 150 valence electrons. The van der Waals surface area contributed by atoms with Gasteiger partial charge in [0.15, 0.2) is 5.82 Å². The third-order valence-corrected chi connectivity index (χ3v) is 5.20. The first-order chi connectivity index (χ1) is 13.3. The number of piperidine rings is 1. The summed E-state index contributed by atoms with van der Waals surface area (Å²) in [4.78, 5) is 31.9. The summed E-state index contributed by atoms with van der Waals surface area (Å²) in [5.41, 5.74) is 0.473. The highest BCUT2D eigenvalue weighted by atomic mass is 35.5. The number of aryl methyl sites for hydroxylation is 1. The number of aromatic nitrogens is 2. The first-order valence-electron chi connectivity index (χ1n) is 9.50. The minimum absolute atomic E-state index is 0.0266. The first kappa shape index (κ1) is 20.3. The lowest BCUT2D eigenvalue weighted by molar-refractivity contribution is -0.135. The number of nitrogens with zero attached hydrogens (tertiary/aromatic N) is 3. The fraction of sp³-hybridized carbons (Fsp3) is 0.500. The molecule has 1 saturated heterocycles. The number of carbonyl (C=O) groups excluding carboxylic acids is 2. The largest absolute Gasteiger partial charge is 0.340 e. The van der Waals surface area contributed by atoms with Crippen LogP contribution in [-0.2, 0) is 4.79 Å². The molecular formula is C20H25ClN4O3. The van der Waals surface area contributed by atoms with Gasteiger partial charge in [-0.15, -0.1) is 0 Å². The van der Waals surface area contributed by atoms with Crippen molar-refractivity contribution in [2.75, 3.05) is 13.1 Å². The monoisotopic (exact) mass is 404 g/mol. The highest BCUT2D eigenvalue weighted by Crippen LogP contribution is 2.26. The van der Waals surface area contributed by atoms with Gasteiger partial charge in [-0.2, -0.15) is 4.98 Å². The summed E-state index contributed by atoms with van der Waals surface area (Å²) in [6, 6.07) is 6.00. The van der Waals surface area contributed by atoms with E-state index in [1.54, 1.807) is 36.1 Å². The Morgan fingerprint density at radius 1 is 1.29 bits per heavy atom. The Balaban J connectivity index is 1.69. The van der Waals surface area contributed by atoms with E-state index in [0.717, 1.165) is 12.8 Å². The molecule has 3 rings (SSSR count). The minimum Gasteiger partial charge on any atom is -0.340 e. The van der Waals surface area contributed by atoms with E-state index in [2.05, 4.69) is 15.5 Å². The predicted molar refractivity (Wildman–Crippen MR) is 105 cm³/mol. The third kappa shape index (κ3) is 4.70. The molecule has 0 radical (unpaired) electrons. The Morgan fingerprint density at radius 2 is 2.00 bits per heavy atom. The Labute approximate surface area is 169 Å². The molecule has 1 aromatic carbocycles. The molecule has 1 N–H and O–H groups in total. The van der Waals surface area contributed by atoms with Crippen LogP contribution in [0.5, 0.6) is 0 Å². The summed E-state index contributed by atoms with van der Waals surface area (Å²) in [5.74, 6) is 0.770. The van der Waals surface area contributed by atoms with Crippen molar-refractivity contribution in [3.8, 4) is 0 Å². The van der Waals surface area contributed by atoms with Crippen LogP contribution in [0.3, 0.4) is 0 Å². The highest BCUT2D eigenvalue weighted by molar-refractivity contribution is 6.30. The molecule has 2 amide bonds.